The summed E-state index contributed by atoms with van der Waals surface area (Å²) >= 11 is 0. The fourth-order valence-electron chi connectivity index (χ4n) is 2.56. The van der Waals surface area contributed by atoms with Gasteiger partial charge in [-0.3, -0.25) is 4.79 Å². The van der Waals surface area contributed by atoms with E-state index in [1.807, 2.05) is 13.0 Å². The number of anilines is 2. The Morgan fingerprint density at radius 2 is 2.17 bits per heavy atom. The lowest BCUT2D eigenvalue weighted by Crippen LogP contribution is -2.19. The summed E-state index contributed by atoms with van der Waals surface area (Å²) in [6.07, 6.45) is 8.39. The van der Waals surface area contributed by atoms with Crippen LogP contribution in [-0.4, -0.2) is 10.9 Å². The van der Waals surface area contributed by atoms with E-state index in [1.54, 1.807) is 6.20 Å². The maximum atomic E-state index is 11.9. The summed E-state index contributed by atoms with van der Waals surface area (Å²) in [5, 5.41) is 2.88. The van der Waals surface area contributed by atoms with Crippen LogP contribution in [0.3, 0.4) is 0 Å². The molecule has 4 heteroatoms. The molecular formula is C14H21N3O. The Kier molecular flexibility index (Phi) is 4.18. The predicted octanol–water partition coefficient (Wildman–Crippen LogP) is 2.88. The summed E-state index contributed by atoms with van der Waals surface area (Å²) in [5.41, 5.74) is 7.16. The highest BCUT2D eigenvalue weighted by atomic mass is 16.1. The van der Waals surface area contributed by atoms with Gasteiger partial charge in [-0.25, -0.2) is 4.98 Å². The highest BCUT2D eigenvalue weighted by Gasteiger charge is 2.17. The number of nitrogens with one attached hydrogen (secondary N) is 1. The van der Waals surface area contributed by atoms with Crippen LogP contribution in [0.4, 0.5) is 11.5 Å². The number of hydrogen-bond acceptors (Lipinski definition) is 3. The Hall–Kier alpha value is -1.58. The molecule has 1 fully saturated rings. The highest BCUT2D eigenvalue weighted by Crippen LogP contribution is 2.26. The summed E-state index contributed by atoms with van der Waals surface area (Å²) in [5.74, 6) is 1.25. The van der Waals surface area contributed by atoms with E-state index in [-0.39, 0.29) is 5.91 Å². The molecule has 0 saturated heterocycles. The second kappa shape index (κ2) is 5.85. The summed E-state index contributed by atoms with van der Waals surface area (Å²) in [4.78, 5) is 16.1. The van der Waals surface area contributed by atoms with Gasteiger partial charge in [-0.2, -0.15) is 0 Å². The molecule has 1 aromatic rings. The smallest absolute Gasteiger partial charge is 0.225 e. The molecule has 3 N–H and O–H groups in total. The third-order valence-electron chi connectivity index (χ3n) is 3.56. The Labute approximate surface area is 108 Å². The Morgan fingerprint density at radius 1 is 1.44 bits per heavy atom. The second-order valence-electron chi connectivity index (χ2n) is 5.19. The first kappa shape index (κ1) is 12.9. The average molecular weight is 247 g/mol. The van der Waals surface area contributed by atoms with E-state index in [2.05, 4.69) is 10.3 Å². The Morgan fingerprint density at radius 3 is 2.83 bits per heavy atom. The number of pyridine rings is 1. The van der Waals surface area contributed by atoms with Gasteiger partial charge in [-0.1, -0.05) is 19.3 Å². The van der Waals surface area contributed by atoms with E-state index >= 15 is 0 Å². The summed E-state index contributed by atoms with van der Waals surface area (Å²) < 4.78 is 0. The number of nitrogens with two attached hydrogens (primary N) is 1. The molecule has 0 unspecified atom stereocenters. The first-order valence-electron chi connectivity index (χ1n) is 6.67. The van der Waals surface area contributed by atoms with Crippen LogP contribution in [0, 0.1) is 12.8 Å². The van der Waals surface area contributed by atoms with E-state index in [4.69, 9.17) is 5.73 Å². The first-order valence-corrected chi connectivity index (χ1v) is 6.67. The molecule has 0 atom stereocenters. The van der Waals surface area contributed by atoms with Crippen LogP contribution in [0.2, 0.25) is 0 Å². The van der Waals surface area contributed by atoms with Crippen molar-refractivity contribution in [3.63, 3.8) is 0 Å². The average Bonchev–Trinajstić information content (AvgIpc) is 2.34. The molecule has 1 aliphatic carbocycles. The highest BCUT2D eigenvalue weighted by molar-refractivity contribution is 5.90. The number of nitrogens with zero attached hydrogens (tertiary/aromatic N) is 1. The zero-order chi connectivity index (χ0) is 13.0. The quantitative estimate of drug-likeness (QED) is 0.863. The minimum atomic E-state index is 0.0715. The topological polar surface area (TPSA) is 68.0 Å². The van der Waals surface area contributed by atoms with E-state index in [1.165, 1.54) is 32.1 Å². The van der Waals surface area contributed by atoms with Crippen LogP contribution in [0.15, 0.2) is 12.3 Å². The largest absolute Gasteiger partial charge is 0.397 e. The summed E-state index contributed by atoms with van der Waals surface area (Å²) in [7, 11) is 0. The number of carbonyl (C=O) groups is 1. The van der Waals surface area contributed by atoms with Gasteiger partial charge in [-0.05, 0) is 37.3 Å². The van der Waals surface area contributed by atoms with Gasteiger partial charge in [0.2, 0.25) is 5.91 Å². The minimum absolute atomic E-state index is 0.0715. The van der Waals surface area contributed by atoms with Crippen molar-refractivity contribution >= 4 is 17.4 Å². The van der Waals surface area contributed by atoms with Crippen LogP contribution in [0.25, 0.3) is 0 Å². The molecule has 0 aliphatic heterocycles. The second-order valence-corrected chi connectivity index (χ2v) is 5.19. The van der Waals surface area contributed by atoms with Gasteiger partial charge >= 0.3 is 0 Å². The van der Waals surface area contributed by atoms with Crippen molar-refractivity contribution in [3.05, 3.63) is 17.8 Å². The van der Waals surface area contributed by atoms with Crippen LogP contribution < -0.4 is 11.1 Å². The molecule has 1 heterocycles. The number of carbonyl (C=O) groups excluding carboxylic acids is 1. The Balaban J connectivity index is 1.90. The third-order valence-corrected chi connectivity index (χ3v) is 3.56. The van der Waals surface area contributed by atoms with Crippen LogP contribution in [0.5, 0.6) is 0 Å². The molecule has 1 aromatic heterocycles. The van der Waals surface area contributed by atoms with E-state index in [0.29, 0.717) is 23.8 Å². The third kappa shape index (κ3) is 3.45. The number of hydrogen-bond donors (Lipinski definition) is 2. The normalized spacial score (nSPS) is 16.5. The van der Waals surface area contributed by atoms with Gasteiger partial charge in [0.05, 0.1) is 11.9 Å². The van der Waals surface area contributed by atoms with Crippen molar-refractivity contribution in [2.75, 3.05) is 11.1 Å². The predicted molar refractivity (Wildman–Crippen MR) is 73.2 cm³/mol. The lowest BCUT2D eigenvalue weighted by molar-refractivity contribution is -0.117. The van der Waals surface area contributed by atoms with Gasteiger partial charge in [0.1, 0.15) is 5.82 Å². The molecule has 18 heavy (non-hydrogen) atoms. The lowest BCUT2D eigenvalue weighted by atomic mass is 9.87. The molecular weight excluding hydrogens is 226 g/mol. The number of amides is 1. The summed E-state index contributed by atoms with van der Waals surface area (Å²) in [6, 6.07) is 1.82. The van der Waals surface area contributed by atoms with Gasteiger partial charge in [0.25, 0.3) is 0 Å². The first-order chi connectivity index (χ1) is 8.65. The van der Waals surface area contributed by atoms with Crippen molar-refractivity contribution in [2.45, 2.75) is 45.4 Å². The molecule has 1 aliphatic rings. The van der Waals surface area contributed by atoms with Crippen molar-refractivity contribution in [3.8, 4) is 0 Å². The zero-order valence-electron chi connectivity index (χ0n) is 10.9. The van der Waals surface area contributed by atoms with Crippen molar-refractivity contribution in [2.24, 2.45) is 5.92 Å². The number of nitrogen functional groups attached to an aromatic ring is 1. The monoisotopic (exact) mass is 247 g/mol. The van der Waals surface area contributed by atoms with E-state index < -0.39 is 0 Å². The van der Waals surface area contributed by atoms with Crippen LogP contribution in [-0.2, 0) is 4.79 Å². The summed E-state index contributed by atoms with van der Waals surface area (Å²) in [6.45, 7) is 1.90. The molecule has 4 nitrogen and oxygen atoms in total. The van der Waals surface area contributed by atoms with Crippen LogP contribution in [0.1, 0.15) is 44.1 Å². The molecule has 0 radical (unpaired) electrons. The number of rotatable bonds is 3. The lowest BCUT2D eigenvalue weighted by Gasteiger charge is -2.20. The van der Waals surface area contributed by atoms with Crippen molar-refractivity contribution < 1.29 is 4.79 Å². The number of aryl methyl sites for hydroxylation is 1. The SMILES string of the molecule is Cc1cc(N)cnc1NC(=O)CC1CCCCC1. The standard InChI is InChI=1S/C14H21N3O/c1-10-7-12(15)9-16-14(10)17-13(18)8-11-5-3-2-4-6-11/h7,9,11H,2-6,8,15H2,1H3,(H,16,17,18). The molecule has 0 spiro atoms. The van der Waals surface area contributed by atoms with Crippen LogP contribution >= 0.6 is 0 Å². The Bertz CT molecular complexity index is 425. The van der Waals surface area contributed by atoms with Gasteiger partial charge < -0.3 is 11.1 Å². The molecule has 2 rings (SSSR count). The maximum absolute atomic E-state index is 11.9. The zero-order valence-corrected chi connectivity index (χ0v) is 10.9. The van der Waals surface area contributed by atoms with Gasteiger partial charge in [0.15, 0.2) is 0 Å². The molecule has 1 amide bonds. The van der Waals surface area contributed by atoms with Gasteiger partial charge in [0, 0.05) is 6.42 Å². The fourth-order valence-corrected chi connectivity index (χ4v) is 2.56. The number of aromatic nitrogens is 1. The molecule has 0 aromatic carbocycles. The molecule has 0 bridgehead atoms. The van der Waals surface area contributed by atoms with Crippen molar-refractivity contribution in [1.29, 1.82) is 0 Å². The van der Waals surface area contributed by atoms with E-state index in [0.717, 1.165) is 5.56 Å². The molecule has 1 saturated carbocycles. The molecule has 98 valence electrons. The fraction of sp³-hybridized carbons (Fsp3) is 0.571. The van der Waals surface area contributed by atoms with Gasteiger partial charge in [-0.15, -0.1) is 0 Å². The maximum Gasteiger partial charge on any atom is 0.225 e. The van der Waals surface area contributed by atoms with E-state index in [9.17, 15) is 4.79 Å². The van der Waals surface area contributed by atoms with Crippen molar-refractivity contribution in [1.82, 2.24) is 4.98 Å². The minimum Gasteiger partial charge on any atom is -0.397 e.